The molecule has 2 atom stereocenters. The number of hydrogen-bond donors (Lipinski definition) is 0. The van der Waals surface area contributed by atoms with Gasteiger partial charge in [0.1, 0.15) is 5.78 Å². The van der Waals surface area contributed by atoms with E-state index in [1.807, 2.05) is 19.1 Å². The third kappa shape index (κ3) is 2.91. The molecule has 0 spiro atoms. The van der Waals surface area contributed by atoms with Crippen LogP contribution in [0.1, 0.15) is 44.6 Å². The van der Waals surface area contributed by atoms with E-state index in [-0.39, 0.29) is 5.92 Å². The number of hydrogen-bond acceptors (Lipinski definition) is 3. The lowest BCUT2D eigenvalue weighted by atomic mass is 9.70. The molecule has 1 aliphatic carbocycles. The van der Waals surface area contributed by atoms with Gasteiger partial charge in [-0.25, -0.2) is 0 Å². The van der Waals surface area contributed by atoms with Gasteiger partial charge in [-0.05, 0) is 24.1 Å². The molecule has 104 valence electrons. The minimum atomic E-state index is 0.136. The normalized spacial score (nSPS) is 21.9. The molecular weight excluding hydrogens is 240 g/mol. The minimum Gasteiger partial charge on any atom is -0.493 e. The summed E-state index contributed by atoms with van der Waals surface area (Å²) in [5.41, 5.74) is 1.17. The van der Waals surface area contributed by atoms with Crippen molar-refractivity contribution in [2.24, 2.45) is 5.92 Å². The van der Waals surface area contributed by atoms with Crippen LogP contribution in [-0.2, 0) is 4.79 Å². The molecule has 2 unspecified atom stereocenters. The minimum absolute atomic E-state index is 0.136. The lowest BCUT2D eigenvalue weighted by molar-refractivity contribution is -0.130. The van der Waals surface area contributed by atoms with E-state index in [0.29, 0.717) is 24.7 Å². The number of unbranched alkanes of at least 4 members (excludes halogenated alkanes) is 1. The number of methoxy groups -OCH3 is 1. The molecule has 0 aromatic heterocycles. The number of benzene rings is 1. The van der Waals surface area contributed by atoms with Crippen molar-refractivity contribution in [3.8, 4) is 11.5 Å². The Morgan fingerprint density at radius 1 is 1.32 bits per heavy atom. The topological polar surface area (TPSA) is 35.5 Å². The molecule has 0 N–H and O–H groups in total. The molecule has 0 amide bonds. The van der Waals surface area contributed by atoms with E-state index in [9.17, 15) is 4.79 Å². The zero-order valence-electron chi connectivity index (χ0n) is 11.9. The average molecular weight is 262 g/mol. The fourth-order valence-corrected chi connectivity index (χ4v) is 2.41. The average Bonchev–Trinajstić information content (AvgIpc) is 2.45. The fraction of sp³-hybridized carbons (Fsp3) is 0.562. The van der Waals surface area contributed by atoms with Crippen molar-refractivity contribution in [3.05, 3.63) is 23.8 Å². The van der Waals surface area contributed by atoms with Crippen LogP contribution in [0.2, 0.25) is 0 Å². The number of ketones is 1. The van der Waals surface area contributed by atoms with Crippen LogP contribution in [-0.4, -0.2) is 19.5 Å². The molecule has 1 aliphatic rings. The molecule has 1 aromatic carbocycles. The molecule has 3 nitrogen and oxygen atoms in total. The van der Waals surface area contributed by atoms with Crippen LogP contribution in [0, 0.1) is 5.92 Å². The van der Waals surface area contributed by atoms with E-state index in [1.54, 1.807) is 7.11 Å². The smallest absolute Gasteiger partial charge is 0.161 e. The van der Waals surface area contributed by atoms with Crippen molar-refractivity contribution in [2.75, 3.05) is 13.7 Å². The molecule has 19 heavy (non-hydrogen) atoms. The third-order valence-corrected chi connectivity index (χ3v) is 3.90. The van der Waals surface area contributed by atoms with E-state index >= 15 is 0 Å². The van der Waals surface area contributed by atoms with Gasteiger partial charge in [0.25, 0.3) is 0 Å². The first-order valence-corrected chi connectivity index (χ1v) is 7.00. The Morgan fingerprint density at radius 2 is 2.11 bits per heavy atom. The van der Waals surface area contributed by atoms with Gasteiger partial charge in [0.15, 0.2) is 11.5 Å². The summed E-state index contributed by atoms with van der Waals surface area (Å²) in [5.74, 6) is 2.38. The number of ether oxygens (including phenoxy) is 2. The fourth-order valence-electron chi connectivity index (χ4n) is 2.41. The summed E-state index contributed by atoms with van der Waals surface area (Å²) in [6.45, 7) is 4.85. The van der Waals surface area contributed by atoms with Crippen molar-refractivity contribution >= 4 is 5.78 Å². The van der Waals surface area contributed by atoms with Gasteiger partial charge in [-0.3, -0.25) is 4.79 Å². The Balaban J connectivity index is 2.10. The standard InChI is InChI=1S/C16H22O3/c1-4-5-8-19-15-7-6-12(9-16(15)18-3)13-10-14(17)11(13)2/h6-7,9,11,13H,4-5,8,10H2,1-3H3. The zero-order valence-corrected chi connectivity index (χ0v) is 11.9. The SMILES string of the molecule is CCCCOc1ccc(C2CC(=O)C2C)cc1OC. The van der Waals surface area contributed by atoms with Gasteiger partial charge in [0.05, 0.1) is 13.7 Å². The Kier molecular flexibility index (Phi) is 4.46. The molecule has 3 heteroatoms. The summed E-state index contributed by atoms with van der Waals surface area (Å²) in [5, 5.41) is 0. The molecule has 0 saturated heterocycles. The maximum absolute atomic E-state index is 11.4. The van der Waals surface area contributed by atoms with Gasteiger partial charge in [-0.1, -0.05) is 26.3 Å². The Bertz CT molecular complexity index is 453. The predicted molar refractivity (Wildman–Crippen MR) is 74.9 cm³/mol. The van der Waals surface area contributed by atoms with Crippen LogP contribution >= 0.6 is 0 Å². The van der Waals surface area contributed by atoms with Crippen molar-refractivity contribution in [3.63, 3.8) is 0 Å². The quantitative estimate of drug-likeness (QED) is 0.735. The molecule has 0 radical (unpaired) electrons. The van der Waals surface area contributed by atoms with Crippen LogP contribution in [0.5, 0.6) is 11.5 Å². The number of carbonyl (C=O) groups excluding carboxylic acids is 1. The van der Waals surface area contributed by atoms with E-state index in [2.05, 4.69) is 13.0 Å². The highest BCUT2D eigenvalue weighted by molar-refractivity contribution is 5.89. The maximum Gasteiger partial charge on any atom is 0.161 e. The maximum atomic E-state index is 11.4. The summed E-state index contributed by atoms with van der Waals surface area (Å²) in [4.78, 5) is 11.4. The highest BCUT2D eigenvalue weighted by atomic mass is 16.5. The third-order valence-electron chi connectivity index (χ3n) is 3.90. The first-order valence-electron chi connectivity index (χ1n) is 7.00. The summed E-state index contributed by atoms with van der Waals surface area (Å²) in [7, 11) is 1.65. The molecule has 1 saturated carbocycles. The first-order chi connectivity index (χ1) is 9.17. The van der Waals surface area contributed by atoms with Crippen LogP contribution in [0.25, 0.3) is 0 Å². The number of carbonyl (C=O) groups is 1. The van der Waals surface area contributed by atoms with E-state index < -0.39 is 0 Å². The van der Waals surface area contributed by atoms with Gasteiger partial charge in [0.2, 0.25) is 0 Å². The Labute approximate surface area is 114 Å². The molecule has 1 aromatic rings. The van der Waals surface area contributed by atoms with Crippen LogP contribution in [0.3, 0.4) is 0 Å². The lowest BCUT2D eigenvalue weighted by Crippen LogP contribution is -2.32. The van der Waals surface area contributed by atoms with Gasteiger partial charge in [0, 0.05) is 18.3 Å². The monoisotopic (exact) mass is 262 g/mol. The number of Topliss-reactive ketones (excluding diaryl/α,β-unsaturated/α-hetero) is 1. The second-order valence-corrected chi connectivity index (χ2v) is 5.18. The Morgan fingerprint density at radius 3 is 2.68 bits per heavy atom. The molecular formula is C16H22O3. The Hall–Kier alpha value is -1.51. The summed E-state index contributed by atoms with van der Waals surface area (Å²) in [6, 6.07) is 6.02. The first kappa shape index (κ1) is 13.9. The van der Waals surface area contributed by atoms with Crippen LogP contribution < -0.4 is 9.47 Å². The van der Waals surface area contributed by atoms with Crippen molar-refractivity contribution in [1.82, 2.24) is 0 Å². The lowest BCUT2D eigenvalue weighted by Gasteiger charge is -2.32. The van der Waals surface area contributed by atoms with Gasteiger partial charge in [-0.2, -0.15) is 0 Å². The highest BCUT2D eigenvalue weighted by Gasteiger charge is 2.37. The van der Waals surface area contributed by atoms with Crippen LogP contribution in [0.4, 0.5) is 0 Å². The molecule has 0 bridgehead atoms. The van der Waals surface area contributed by atoms with Crippen molar-refractivity contribution in [2.45, 2.75) is 39.0 Å². The zero-order chi connectivity index (χ0) is 13.8. The van der Waals surface area contributed by atoms with E-state index in [0.717, 1.165) is 24.3 Å². The summed E-state index contributed by atoms with van der Waals surface area (Å²) < 4.78 is 11.1. The van der Waals surface area contributed by atoms with Crippen LogP contribution in [0.15, 0.2) is 18.2 Å². The van der Waals surface area contributed by atoms with Gasteiger partial charge in [-0.15, -0.1) is 0 Å². The second kappa shape index (κ2) is 6.09. The van der Waals surface area contributed by atoms with Crippen molar-refractivity contribution < 1.29 is 14.3 Å². The highest BCUT2D eigenvalue weighted by Crippen LogP contribution is 2.41. The van der Waals surface area contributed by atoms with Gasteiger partial charge >= 0.3 is 0 Å². The molecule has 1 fully saturated rings. The van der Waals surface area contributed by atoms with Crippen molar-refractivity contribution in [1.29, 1.82) is 0 Å². The predicted octanol–water partition coefficient (Wildman–Crippen LogP) is 3.57. The second-order valence-electron chi connectivity index (χ2n) is 5.18. The summed E-state index contributed by atoms with van der Waals surface area (Å²) in [6.07, 6.45) is 2.81. The largest absolute Gasteiger partial charge is 0.493 e. The van der Waals surface area contributed by atoms with E-state index in [4.69, 9.17) is 9.47 Å². The van der Waals surface area contributed by atoms with E-state index in [1.165, 1.54) is 5.56 Å². The summed E-state index contributed by atoms with van der Waals surface area (Å²) >= 11 is 0. The molecule has 0 heterocycles. The number of rotatable bonds is 6. The van der Waals surface area contributed by atoms with Gasteiger partial charge < -0.3 is 9.47 Å². The molecule has 2 rings (SSSR count). The molecule has 0 aliphatic heterocycles.